The summed E-state index contributed by atoms with van der Waals surface area (Å²) < 4.78 is 0. The maximum atomic E-state index is 3.44. The van der Waals surface area contributed by atoms with E-state index >= 15 is 0 Å². The molecule has 0 amide bonds. The Labute approximate surface area is 106 Å². The van der Waals surface area contributed by atoms with Gasteiger partial charge in [0.05, 0.1) is 0 Å². The van der Waals surface area contributed by atoms with Gasteiger partial charge in [0, 0.05) is 18.5 Å². The first-order valence-corrected chi connectivity index (χ1v) is 7.06. The molecule has 2 heterocycles. The Hall–Kier alpha value is -1.12. The molecule has 0 unspecified atom stereocenters. The highest BCUT2D eigenvalue weighted by Gasteiger charge is 2.36. The number of benzene rings is 1. The maximum Gasteiger partial charge on any atom is 0.00334 e. The lowest BCUT2D eigenvalue weighted by atomic mass is 9.72. The highest BCUT2D eigenvalue weighted by atomic mass is 32.1. The second-order valence-electron chi connectivity index (χ2n) is 5.07. The van der Waals surface area contributed by atoms with Crippen LogP contribution in [0.5, 0.6) is 0 Å². The molecule has 2 aromatic rings. The molecule has 2 heteroatoms. The molecule has 88 valence electrons. The van der Waals surface area contributed by atoms with Gasteiger partial charge in [0.2, 0.25) is 0 Å². The van der Waals surface area contributed by atoms with E-state index in [1.807, 2.05) is 0 Å². The van der Waals surface area contributed by atoms with E-state index in [2.05, 4.69) is 52.5 Å². The monoisotopic (exact) mass is 243 g/mol. The van der Waals surface area contributed by atoms with E-state index in [9.17, 15) is 0 Å². The van der Waals surface area contributed by atoms with Crippen LogP contribution in [0.2, 0.25) is 0 Å². The van der Waals surface area contributed by atoms with E-state index in [4.69, 9.17) is 0 Å². The summed E-state index contributed by atoms with van der Waals surface area (Å²) in [7, 11) is 0. The first kappa shape index (κ1) is 11.0. The predicted octanol–water partition coefficient (Wildman–Crippen LogP) is 3.12. The third kappa shape index (κ3) is 2.43. The normalized spacial score (nSPS) is 17.6. The molecule has 0 spiro atoms. The standard InChI is InChI=1S/C15H17NS/c1-2-4-13(5-3-1)8-15(11-16-12-15)9-14-6-7-17-10-14/h1-7,10,16H,8-9,11-12H2. The first-order valence-electron chi connectivity index (χ1n) is 6.12. The minimum atomic E-state index is 0.447. The van der Waals surface area contributed by atoms with Gasteiger partial charge in [0.15, 0.2) is 0 Å². The van der Waals surface area contributed by atoms with Gasteiger partial charge in [-0.2, -0.15) is 11.3 Å². The number of rotatable bonds is 4. The fourth-order valence-corrected chi connectivity index (χ4v) is 3.31. The van der Waals surface area contributed by atoms with Crippen molar-refractivity contribution in [3.8, 4) is 0 Å². The van der Waals surface area contributed by atoms with Crippen molar-refractivity contribution in [2.45, 2.75) is 12.8 Å². The van der Waals surface area contributed by atoms with E-state index in [0.717, 1.165) is 13.1 Å². The van der Waals surface area contributed by atoms with E-state index < -0.39 is 0 Å². The van der Waals surface area contributed by atoms with Crippen LogP contribution in [0, 0.1) is 5.41 Å². The van der Waals surface area contributed by atoms with Gasteiger partial charge in [-0.3, -0.25) is 0 Å². The number of thiophene rings is 1. The zero-order valence-electron chi connectivity index (χ0n) is 9.86. The second-order valence-corrected chi connectivity index (χ2v) is 5.85. The van der Waals surface area contributed by atoms with Crippen LogP contribution in [0.4, 0.5) is 0 Å². The first-order chi connectivity index (χ1) is 8.36. The molecule has 3 rings (SSSR count). The SMILES string of the molecule is c1ccc(CC2(Cc3ccsc3)CNC2)cc1. The molecule has 0 bridgehead atoms. The van der Waals surface area contributed by atoms with Gasteiger partial charge in [-0.05, 0) is 40.8 Å². The summed E-state index contributed by atoms with van der Waals surface area (Å²) >= 11 is 1.80. The van der Waals surface area contributed by atoms with Gasteiger partial charge in [-0.15, -0.1) is 0 Å². The average molecular weight is 243 g/mol. The van der Waals surface area contributed by atoms with Crippen molar-refractivity contribution >= 4 is 11.3 Å². The van der Waals surface area contributed by atoms with Crippen molar-refractivity contribution in [1.82, 2.24) is 5.32 Å². The molecule has 0 saturated carbocycles. The molecule has 1 saturated heterocycles. The highest BCUT2D eigenvalue weighted by Crippen LogP contribution is 2.32. The van der Waals surface area contributed by atoms with E-state index in [1.54, 1.807) is 11.3 Å². The maximum absolute atomic E-state index is 3.44. The number of hydrogen-bond acceptors (Lipinski definition) is 2. The van der Waals surface area contributed by atoms with E-state index in [-0.39, 0.29) is 0 Å². The van der Waals surface area contributed by atoms with Crippen molar-refractivity contribution in [1.29, 1.82) is 0 Å². The molecule has 17 heavy (non-hydrogen) atoms. The lowest BCUT2D eigenvalue weighted by molar-refractivity contribution is 0.167. The van der Waals surface area contributed by atoms with Crippen LogP contribution < -0.4 is 5.32 Å². The van der Waals surface area contributed by atoms with Crippen LogP contribution in [0.15, 0.2) is 47.2 Å². The van der Waals surface area contributed by atoms with Gasteiger partial charge in [0.1, 0.15) is 0 Å². The van der Waals surface area contributed by atoms with Crippen molar-refractivity contribution in [3.63, 3.8) is 0 Å². The molecule has 1 aliphatic rings. The topological polar surface area (TPSA) is 12.0 Å². The summed E-state index contributed by atoms with van der Waals surface area (Å²) in [5.74, 6) is 0. The minimum Gasteiger partial charge on any atom is -0.315 e. The zero-order chi connectivity index (χ0) is 11.6. The molecule has 1 fully saturated rings. The van der Waals surface area contributed by atoms with Crippen LogP contribution >= 0.6 is 11.3 Å². The Morgan fingerprint density at radius 1 is 1.00 bits per heavy atom. The minimum absolute atomic E-state index is 0.447. The Morgan fingerprint density at radius 3 is 2.35 bits per heavy atom. The molecular formula is C15H17NS. The Morgan fingerprint density at radius 2 is 1.76 bits per heavy atom. The third-order valence-corrected chi connectivity index (χ3v) is 4.31. The van der Waals surface area contributed by atoms with Crippen LogP contribution in [0.3, 0.4) is 0 Å². The third-order valence-electron chi connectivity index (χ3n) is 3.58. The molecule has 1 nitrogen and oxygen atoms in total. The molecular weight excluding hydrogens is 226 g/mol. The number of nitrogens with one attached hydrogen (secondary N) is 1. The largest absolute Gasteiger partial charge is 0.315 e. The summed E-state index contributed by atoms with van der Waals surface area (Å²) in [5, 5.41) is 7.90. The molecule has 0 atom stereocenters. The average Bonchev–Trinajstić information content (AvgIpc) is 2.80. The molecule has 1 aromatic heterocycles. The molecule has 1 aromatic carbocycles. The lowest BCUT2D eigenvalue weighted by Gasteiger charge is -2.43. The van der Waals surface area contributed by atoms with Gasteiger partial charge in [-0.1, -0.05) is 30.3 Å². The Bertz CT molecular complexity index is 457. The molecule has 1 aliphatic heterocycles. The van der Waals surface area contributed by atoms with Crippen LogP contribution in [-0.4, -0.2) is 13.1 Å². The van der Waals surface area contributed by atoms with Gasteiger partial charge in [0.25, 0.3) is 0 Å². The predicted molar refractivity (Wildman–Crippen MR) is 73.5 cm³/mol. The highest BCUT2D eigenvalue weighted by molar-refractivity contribution is 7.07. The quantitative estimate of drug-likeness (QED) is 0.870. The van der Waals surface area contributed by atoms with Gasteiger partial charge < -0.3 is 5.32 Å². The Kier molecular flexibility index (Phi) is 3.00. The summed E-state index contributed by atoms with van der Waals surface area (Å²) in [6.07, 6.45) is 2.40. The van der Waals surface area contributed by atoms with Crippen molar-refractivity contribution in [2.75, 3.05) is 13.1 Å². The summed E-state index contributed by atoms with van der Waals surface area (Å²) in [4.78, 5) is 0. The van der Waals surface area contributed by atoms with E-state index in [1.165, 1.54) is 24.0 Å². The fraction of sp³-hybridized carbons (Fsp3) is 0.333. The Balaban J connectivity index is 1.74. The molecule has 0 aliphatic carbocycles. The fourth-order valence-electron chi connectivity index (χ4n) is 2.65. The van der Waals surface area contributed by atoms with Gasteiger partial charge >= 0.3 is 0 Å². The molecule has 0 radical (unpaired) electrons. The van der Waals surface area contributed by atoms with Crippen LogP contribution in [0.25, 0.3) is 0 Å². The summed E-state index contributed by atoms with van der Waals surface area (Å²) in [6.45, 7) is 2.30. The van der Waals surface area contributed by atoms with Crippen molar-refractivity contribution in [2.24, 2.45) is 5.41 Å². The van der Waals surface area contributed by atoms with Crippen LogP contribution in [-0.2, 0) is 12.8 Å². The summed E-state index contributed by atoms with van der Waals surface area (Å²) in [6, 6.07) is 13.1. The zero-order valence-corrected chi connectivity index (χ0v) is 10.7. The summed E-state index contributed by atoms with van der Waals surface area (Å²) in [5.41, 5.74) is 3.40. The molecule has 1 N–H and O–H groups in total. The van der Waals surface area contributed by atoms with Crippen LogP contribution in [0.1, 0.15) is 11.1 Å². The van der Waals surface area contributed by atoms with Crippen molar-refractivity contribution in [3.05, 3.63) is 58.3 Å². The van der Waals surface area contributed by atoms with Crippen molar-refractivity contribution < 1.29 is 0 Å². The second kappa shape index (κ2) is 4.63. The smallest absolute Gasteiger partial charge is 0.00334 e. The lowest BCUT2D eigenvalue weighted by Crippen LogP contribution is -2.55. The van der Waals surface area contributed by atoms with E-state index in [0.29, 0.717) is 5.41 Å². The number of hydrogen-bond donors (Lipinski definition) is 1. The van der Waals surface area contributed by atoms with Gasteiger partial charge in [-0.25, -0.2) is 0 Å².